The Labute approximate surface area is 97.2 Å². The molecule has 0 N–H and O–H groups in total. The zero-order valence-corrected chi connectivity index (χ0v) is 10.2. The minimum absolute atomic E-state index is 0.0498. The number of hydrogen-bond acceptors (Lipinski definition) is 4. The topological polar surface area (TPSA) is 44.8 Å². The number of esters is 1. The fourth-order valence-corrected chi connectivity index (χ4v) is 2.03. The molecular formula is C12H22O4. The second-order valence-corrected chi connectivity index (χ2v) is 4.23. The van der Waals surface area contributed by atoms with Crippen molar-refractivity contribution >= 4 is 5.97 Å². The van der Waals surface area contributed by atoms with E-state index in [0.717, 1.165) is 32.1 Å². The maximum absolute atomic E-state index is 11.5. The molecule has 1 aliphatic carbocycles. The molecule has 16 heavy (non-hydrogen) atoms. The molecule has 0 spiro atoms. The van der Waals surface area contributed by atoms with Crippen LogP contribution in [0.2, 0.25) is 0 Å². The van der Waals surface area contributed by atoms with Crippen molar-refractivity contribution < 1.29 is 19.0 Å². The molecular weight excluding hydrogens is 208 g/mol. The van der Waals surface area contributed by atoms with Gasteiger partial charge in [0.05, 0.1) is 6.10 Å². The van der Waals surface area contributed by atoms with Gasteiger partial charge in [-0.2, -0.15) is 0 Å². The van der Waals surface area contributed by atoms with Gasteiger partial charge in [-0.15, -0.1) is 0 Å². The van der Waals surface area contributed by atoms with Crippen molar-refractivity contribution in [3.8, 4) is 0 Å². The number of ether oxygens (including phenoxy) is 3. The Balaban J connectivity index is 2.17. The van der Waals surface area contributed by atoms with Gasteiger partial charge in [0, 0.05) is 33.7 Å². The molecule has 1 aliphatic rings. The molecule has 1 fully saturated rings. The summed E-state index contributed by atoms with van der Waals surface area (Å²) in [6.07, 6.45) is 5.45. The predicted molar refractivity (Wildman–Crippen MR) is 60.3 cm³/mol. The summed E-state index contributed by atoms with van der Waals surface area (Å²) in [7, 11) is 3.35. The fraction of sp³-hybridized carbons (Fsp3) is 0.917. The van der Waals surface area contributed by atoms with E-state index in [1.807, 2.05) is 0 Å². The molecule has 4 nitrogen and oxygen atoms in total. The molecule has 94 valence electrons. The van der Waals surface area contributed by atoms with E-state index in [4.69, 9.17) is 14.2 Å². The molecule has 0 aromatic heterocycles. The second kappa shape index (κ2) is 7.63. The van der Waals surface area contributed by atoms with Crippen molar-refractivity contribution in [2.24, 2.45) is 0 Å². The van der Waals surface area contributed by atoms with Gasteiger partial charge in [0.25, 0.3) is 0 Å². The van der Waals surface area contributed by atoms with Gasteiger partial charge in [0.1, 0.15) is 6.10 Å². The Morgan fingerprint density at radius 2 is 2.00 bits per heavy atom. The van der Waals surface area contributed by atoms with Crippen molar-refractivity contribution in [3.63, 3.8) is 0 Å². The zero-order chi connectivity index (χ0) is 11.8. The fourth-order valence-electron chi connectivity index (χ4n) is 2.03. The van der Waals surface area contributed by atoms with Gasteiger partial charge in [-0.05, 0) is 25.7 Å². The molecule has 0 heterocycles. The van der Waals surface area contributed by atoms with Crippen LogP contribution in [-0.2, 0) is 19.0 Å². The lowest BCUT2D eigenvalue weighted by Crippen LogP contribution is -2.29. The molecule has 1 rings (SSSR count). The van der Waals surface area contributed by atoms with E-state index < -0.39 is 0 Å². The number of carbonyl (C=O) groups is 1. The van der Waals surface area contributed by atoms with Crippen LogP contribution in [0.25, 0.3) is 0 Å². The summed E-state index contributed by atoms with van der Waals surface area (Å²) >= 11 is 0. The average Bonchev–Trinajstić information content (AvgIpc) is 2.29. The minimum atomic E-state index is -0.112. The molecule has 0 radical (unpaired) electrons. The van der Waals surface area contributed by atoms with E-state index in [1.165, 1.54) is 0 Å². The first-order valence-corrected chi connectivity index (χ1v) is 5.97. The van der Waals surface area contributed by atoms with Crippen molar-refractivity contribution in [1.82, 2.24) is 0 Å². The van der Waals surface area contributed by atoms with Crippen LogP contribution in [0.3, 0.4) is 0 Å². The maximum Gasteiger partial charge on any atom is 0.306 e. The second-order valence-electron chi connectivity index (χ2n) is 4.23. The summed E-state index contributed by atoms with van der Waals surface area (Å²) in [6, 6.07) is 0. The standard InChI is InChI=1S/C12H22O4/c1-14-8-4-7-12(13)16-11-6-3-5-10(9-11)15-2/h10-11H,3-9H2,1-2H3. The lowest BCUT2D eigenvalue weighted by atomic mass is 9.95. The summed E-state index contributed by atoms with van der Waals surface area (Å²) in [5, 5.41) is 0. The minimum Gasteiger partial charge on any atom is -0.462 e. The predicted octanol–water partition coefficient (Wildman–Crippen LogP) is 1.91. The molecule has 0 bridgehead atoms. The average molecular weight is 230 g/mol. The first-order valence-electron chi connectivity index (χ1n) is 5.97. The van der Waals surface area contributed by atoms with Crippen LogP contribution in [-0.4, -0.2) is 39.0 Å². The molecule has 0 aliphatic heterocycles. The van der Waals surface area contributed by atoms with E-state index in [2.05, 4.69) is 0 Å². The Bertz CT molecular complexity index is 205. The van der Waals surface area contributed by atoms with Crippen LogP contribution >= 0.6 is 0 Å². The highest BCUT2D eigenvalue weighted by atomic mass is 16.5. The van der Waals surface area contributed by atoms with Crippen LogP contribution in [0.1, 0.15) is 38.5 Å². The molecule has 0 aromatic rings. The summed E-state index contributed by atoms with van der Waals surface area (Å²) in [6.45, 7) is 0.612. The monoisotopic (exact) mass is 230 g/mol. The Hall–Kier alpha value is -0.610. The van der Waals surface area contributed by atoms with Crippen molar-refractivity contribution in [2.45, 2.75) is 50.7 Å². The lowest BCUT2D eigenvalue weighted by Gasteiger charge is -2.27. The van der Waals surface area contributed by atoms with E-state index in [-0.39, 0.29) is 18.2 Å². The Morgan fingerprint density at radius 1 is 1.25 bits per heavy atom. The molecule has 1 saturated carbocycles. The number of hydrogen-bond donors (Lipinski definition) is 0. The number of rotatable bonds is 6. The molecule has 4 heteroatoms. The van der Waals surface area contributed by atoms with Gasteiger partial charge in [-0.25, -0.2) is 0 Å². The molecule has 0 saturated heterocycles. The van der Waals surface area contributed by atoms with Gasteiger partial charge < -0.3 is 14.2 Å². The first-order chi connectivity index (χ1) is 7.76. The lowest BCUT2D eigenvalue weighted by molar-refractivity contribution is -0.153. The zero-order valence-electron chi connectivity index (χ0n) is 10.2. The third kappa shape index (κ3) is 4.94. The smallest absolute Gasteiger partial charge is 0.306 e. The molecule has 2 unspecified atom stereocenters. The molecule has 0 aromatic carbocycles. The van der Waals surface area contributed by atoms with E-state index in [0.29, 0.717) is 13.0 Å². The molecule has 0 amide bonds. The van der Waals surface area contributed by atoms with Crippen LogP contribution in [0.15, 0.2) is 0 Å². The highest BCUT2D eigenvalue weighted by Gasteiger charge is 2.24. The highest BCUT2D eigenvalue weighted by Crippen LogP contribution is 2.23. The highest BCUT2D eigenvalue weighted by molar-refractivity contribution is 5.69. The summed E-state index contributed by atoms with van der Waals surface area (Å²) in [4.78, 5) is 11.5. The van der Waals surface area contributed by atoms with Crippen molar-refractivity contribution in [3.05, 3.63) is 0 Å². The molecule has 2 atom stereocenters. The Morgan fingerprint density at radius 3 is 2.69 bits per heavy atom. The normalized spacial score (nSPS) is 25.4. The largest absolute Gasteiger partial charge is 0.462 e. The number of methoxy groups -OCH3 is 2. The quantitative estimate of drug-likeness (QED) is 0.516. The SMILES string of the molecule is COCCCC(=O)OC1CCCC(OC)C1. The van der Waals surface area contributed by atoms with Crippen LogP contribution < -0.4 is 0 Å². The van der Waals surface area contributed by atoms with Crippen molar-refractivity contribution in [2.75, 3.05) is 20.8 Å². The van der Waals surface area contributed by atoms with Crippen LogP contribution in [0.5, 0.6) is 0 Å². The summed E-state index contributed by atoms with van der Waals surface area (Å²) < 4.78 is 15.6. The number of carbonyl (C=O) groups excluding carboxylic acids is 1. The first kappa shape index (κ1) is 13.5. The van der Waals surface area contributed by atoms with Gasteiger partial charge in [-0.1, -0.05) is 0 Å². The van der Waals surface area contributed by atoms with Crippen LogP contribution in [0.4, 0.5) is 0 Å². The van der Waals surface area contributed by atoms with Crippen molar-refractivity contribution in [1.29, 1.82) is 0 Å². The van der Waals surface area contributed by atoms with Gasteiger partial charge >= 0.3 is 5.97 Å². The van der Waals surface area contributed by atoms with E-state index >= 15 is 0 Å². The third-order valence-corrected chi connectivity index (χ3v) is 2.94. The third-order valence-electron chi connectivity index (χ3n) is 2.94. The van der Waals surface area contributed by atoms with E-state index in [9.17, 15) is 4.79 Å². The Kier molecular flexibility index (Phi) is 6.42. The van der Waals surface area contributed by atoms with Gasteiger partial charge in [0.15, 0.2) is 0 Å². The van der Waals surface area contributed by atoms with Gasteiger partial charge in [0.2, 0.25) is 0 Å². The summed E-state index contributed by atoms with van der Waals surface area (Å²) in [5.74, 6) is -0.112. The van der Waals surface area contributed by atoms with Gasteiger partial charge in [-0.3, -0.25) is 4.79 Å². The summed E-state index contributed by atoms with van der Waals surface area (Å²) in [5.41, 5.74) is 0. The maximum atomic E-state index is 11.5. The van der Waals surface area contributed by atoms with Crippen LogP contribution in [0, 0.1) is 0 Å². The van der Waals surface area contributed by atoms with E-state index in [1.54, 1.807) is 14.2 Å².